The summed E-state index contributed by atoms with van der Waals surface area (Å²) in [7, 11) is 0. The van der Waals surface area contributed by atoms with Gasteiger partial charge in [-0.2, -0.15) is 0 Å². The maximum Gasteiger partial charge on any atom is 0.0960 e. The van der Waals surface area contributed by atoms with Crippen molar-refractivity contribution in [2.24, 2.45) is 0 Å². The van der Waals surface area contributed by atoms with Crippen LogP contribution in [0, 0.1) is 12.3 Å². The van der Waals surface area contributed by atoms with Crippen molar-refractivity contribution in [2.45, 2.75) is 12.8 Å². The molecule has 0 radical (unpaired) electrons. The van der Waals surface area contributed by atoms with E-state index in [-0.39, 0.29) is 5.92 Å². The molecule has 0 N–H and O–H groups in total. The first kappa shape index (κ1) is 10.1. The lowest BCUT2D eigenvalue weighted by atomic mass is 9.97. The SMILES string of the molecule is C#Cc1c(Cl)cccc1C(C)CF. The summed E-state index contributed by atoms with van der Waals surface area (Å²) in [6.45, 7) is 1.36. The molecule has 0 saturated heterocycles. The van der Waals surface area contributed by atoms with Crippen LogP contribution in [0.5, 0.6) is 0 Å². The third kappa shape index (κ3) is 2.02. The Labute approximate surface area is 82.7 Å². The van der Waals surface area contributed by atoms with Crippen molar-refractivity contribution in [3.05, 3.63) is 34.3 Å². The number of rotatable bonds is 2. The second-order valence-electron chi connectivity index (χ2n) is 2.90. The zero-order valence-electron chi connectivity index (χ0n) is 7.35. The highest BCUT2D eigenvalue weighted by atomic mass is 35.5. The molecule has 1 aromatic carbocycles. The fraction of sp³-hybridized carbons (Fsp3) is 0.273. The van der Waals surface area contributed by atoms with Gasteiger partial charge in [0.25, 0.3) is 0 Å². The van der Waals surface area contributed by atoms with Crippen LogP contribution in [0.3, 0.4) is 0 Å². The average Bonchev–Trinajstić information content (AvgIpc) is 2.16. The van der Waals surface area contributed by atoms with Gasteiger partial charge in [0, 0.05) is 11.5 Å². The largest absolute Gasteiger partial charge is 0.250 e. The van der Waals surface area contributed by atoms with Gasteiger partial charge in [-0.3, -0.25) is 4.39 Å². The average molecular weight is 197 g/mol. The smallest absolute Gasteiger partial charge is 0.0960 e. The first-order chi connectivity index (χ1) is 6.20. The van der Waals surface area contributed by atoms with Gasteiger partial charge in [-0.25, -0.2) is 0 Å². The predicted molar refractivity (Wildman–Crippen MR) is 53.8 cm³/mol. The van der Waals surface area contributed by atoms with Crippen LogP contribution in [0.2, 0.25) is 5.02 Å². The molecule has 1 rings (SSSR count). The summed E-state index contributed by atoms with van der Waals surface area (Å²) in [6, 6.07) is 5.31. The molecule has 0 saturated carbocycles. The molecule has 0 aliphatic rings. The maximum atomic E-state index is 12.4. The molecular formula is C11H10ClF. The highest BCUT2D eigenvalue weighted by Gasteiger charge is 2.10. The normalized spacial score (nSPS) is 12.2. The lowest BCUT2D eigenvalue weighted by Crippen LogP contribution is -1.99. The van der Waals surface area contributed by atoms with E-state index in [0.29, 0.717) is 10.6 Å². The van der Waals surface area contributed by atoms with Crippen molar-refractivity contribution in [2.75, 3.05) is 6.67 Å². The quantitative estimate of drug-likeness (QED) is 0.636. The van der Waals surface area contributed by atoms with Crippen LogP contribution in [-0.2, 0) is 0 Å². The standard InChI is InChI=1S/C11H10ClF/c1-3-9-10(8(2)7-13)5-4-6-11(9)12/h1,4-6,8H,7H2,2H3. The molecule has 1 atom stereocenters. The van der Waals surface area contributed by atoms with Crippen molar-refractivity contribution >= 4 is 11.6 Å². The number of halogens is 2. The maximum absolute atomic E-state index is 12.4. The van der Waals surface area contributed by atoms with E-state index >= 15 is 0 Å². The molecule has 0 nitrogen and oxygen atoms in total. The van der Waals surface area contributed by atoms with Gasteiger partial charge >= 0.3 is 0 Å². The fourth-order valence-corrected chi connectivity index (χ4v) is 1.42. The fourth-order valence-electron chi connectivity index (χ4n) is 1.19. The number of hydrogen-bond donors (Lipinski definition) is 0. The van der Waals surface area contributed by atoms with Gasteiger partial charge in [0.05, 0.1) is 11.7 Å². The van der Waals surface area contributed by atoms with Gasteiger partial charge in [0.2, 0.25) is 0 Å². The summed E-state index contributed by atoms with van der Waals surface area (Å²) in [6.07, 6.45) is 5.29. The Hall–Kier alpha value is -1.00. The summed E-state index contributed by atoms with van der Waals surface area (Å²) in [5, 5.41) is 0.514. The molecule has 1 unspecified atom stereocenters. The zero-order valence-corrected chi connectivity index (χ0v) is 8.11. The Morgan fingerprint density at radius 1 is 1.62 bits per heavy atom. The van der Waals surface area contributed by atoms with Crippen LogP contribution in [0.25, 0.3) is 0 Å². The summed E-state index contributed by atoms with van der Waals surface area (Å²) >= 11 is 5.87. The Kier molecular flexibility index (Phi) is 3.33. The van der Waals surface area contributed by atoms with Crippen molar-refractivity contribution in [1.29, 1.82) is 0 Å². The van der Waals surface area contributed by atoms with Crippen LogP contribution in [0.15, 0.2) is 18.2 Å². The summed E-state index contributed by atoms with van der Waals surface area (Å²) < 4.78 is 12.4. The molecule has 0 bridgehead atoms. The lowest BCUT2D eigenvalue weighted by molar-refractivity contribution is 0.447. The second kappa shape index (κ2) is 4.30. The van der Waals surface area contributed by atoms with Crippen LogP contribution >= 0.6 is 11.6 Å². The highest BCUT2D eigenvalue weighted by Crippen LogP contribution is 2.25. The third-order valence-corrected chi connectivity index (χ3v) is 2.27. The number of benzene rings is 1. The van der Waals surface area contributed by atoms with Crippen molar-refractivity contribution in [3.8, 4) is 12.3 Å². The lowest BCUT2D eigenvalue weighted by Gasteiger charge is -2.10. The molecule has 1 aromatic rings. The molecule has 0 fully saturated rings. The Bertz CT molecular complexity index is 338. The van der Waals surface area contributed by atoms with E-state index in [1.807, 2.05) is 6.07 Å². The highest BCUT2D eigenvalue weighted by molar-refractivity contribution is 6.31. The third-order valence-electron chi connectivity index (χ3n) is 1.95. The van der Waals surface area contributed by atoms with E-state index in [2.05, 4.69) is 5.92 Å². The van der Waals surface area contributed by atoms with Crippen LogP contribution in [0.1, 0.15) is 24.0 Å². The van der Waals surface area contributed by atoms with Crippen molar-refractivity contribution in [1.82, 2.24) is 0 Å². The molecule has 0 aromatic heterocycles. The van der Waals surface area contributed by atoms with Crippen molar-refractivity contribution < 1.29 is 4.39 Å². The van der Waals surface area contributed by atoms with Crippen LogP contribution < -0.4 is 0 Å². The molecule has 68 valence electrons. The van der Waals surface area contributed by atoms with Gasteiger partial charge in [-0.1, -0.05) is 36.6 Å². The minimum absolute atomic E-state index is 0.190. The van der Waals surface area contributed by atoms with E-state index in [0.717, 1.165) is 5.56 Å². The van der Waals surface area contributed by atoms with E-state index in [1.54, 1.807) is 19.1 Å². The van der Waals surface area contributed by atoms with E-state index in [1.165, 1.54) is 0 Å². The molecule has 0 heterocycles. The van der Waals surface area contributed by atoms with Crippen LogP contribution in [-0.4, -0.2) is 6.67 Å². The topological polar surface area (TPSA) is 0 Å². The molecule has 0 spiro atoms. The van der Waals surface area contributed by atoms with Crippen molar-refractivity contribution in [3.63, 3.8) is 0 Å². The van der Waals surface area contributed by atoms with Gasteiger partial charge < -0.3 is 0 Å². The van der Waals surface area contributed by atoms with Crippen LogP contribution in [0.4, 0.5) is 4.39 Å². The molecule has 2 heteroatoms. The predicted octanol–water partition coefficient (Wildman–Crippen LogP) is 3.39. The minimum Gasteiger partial charge on any atom is -0.250 e. The monoisotopic (exact) mass is 196 g/mol. The summed E-state index contributed by atoms with van der Waals surface area (Å²) in [5.74, 6) is 2.29. The zero-order chi connectivity index (χ0) is 9.84. The van der Waals surface area contributed by atoms with E-state index < -0.39 is 6.67 Å². The second-order valence-corrected chi connectivity index (χ2v) is 3.31. The molecule has 13 heavy (non-hydrogen) atoms. The Morgan fingerprint density at radius 2 is 2.31 bits per heavy atom. The van der Waals surface area contributed by atoms with Gasteiger partial charge in [-0.05, 0) is 11.6 Å². The molecular weight excluding hydrogens is 187 g/mol. The first-order valence-corrected chi connectivity index (χ1v) is 4.39. The summed E-state index contributed by atoms with van der Waals surface area (Å²) in [5.41, 5.74) is 1.41. The molecule has 0 aliphatic heterocycles. The van der Waals surface area contributed by atoms with Gasteiger partial charge in [-0.15, -0.1) is 6.42 Å². The molecule has 0 aliphatic carbocycles. The Morgan fingerprint density at radius 3 is 2.85 bits per heavy atom. The minimum atomic E-state index is -0.422. The van der Waals surface area contributed by atoms with Gasteiger partial charge in [0.1, 0.15) is 0 Å². The number of terminal acetylenes is 1. The number of hydrogen-bond acceptors (Lipinski definition) is 0. The number of alkyl halides is 1. The van der Waals surface area contributed by atoms with E-state index in [4.69, 9.17) is 18.0 Å². The summed E-state index contributed by atoms with van der Waals surface area (Å²) in [4.78, 5) is 0. The Balaban J connectivity index is 3.22. The van der Waals surface area contributed by atoms with E-state index in [9.17, 15) is 4.39 Å². The first-order valence-electron chi connectivity index (χ1n) is 4.01. The molecule has 0 amide bonds. The van der Waals surface area contributed by atoms with Gasteiger partial charge in [0.15, 0.2) is 0 Å².